The van der Waals surface area contributed by atoms with Gasteiger partial charge in [-0.05, 0) is 60.4 Å². The van der Waals surface area contributed by atoms with Gasteiger partial charge in [0.05, 0.1) is 6.21 Å². The molecule has 0 spiro atoms. The standard InChI is InChI=1S/C19H31NOS/c1-17(2,3)15-10-14(11-16(12-15)18(4,5)6)13-20-22(21)19(7,8)9/h10-13H,1-9H3/b20-13+/t22-/m1/s1. The minimum Gasteiger partial charge on any atom is -0.591 e. The van der Waals surface area contributed by atoms with E-state index in [-0.39, 0.29) is 15.6 Å². The van der Waals surface area contributed by atoms with E-state index in [4.69, 9.17) is 0 Å². The Morgan fingerprint density at radius 1 is 0.818 bits per heavy atom. The Hall–Kier alpha value is -0.800. The van der Waals surface area contributed by atoms with Gasteiger partial charge in [0.15, 0.2) is 0 Å². The molecular weight excluding hydrogens is 290 g/mol. The maximum Gasteiger partial charge on any atom is 0.144 e. The number of hydrogen-bond donors (Lipinski definition) is 0. The van der Waals surface area contributed by atoms with Crippen LogP contribution in [0.5, 0.6) is 0 Å². The molecular formula is C19H31NOS. The summed E-state index contributed by atoms with van der Waals surface area (Å²) in [6, 6.07) is 6.58. The molecule has 0 aromatic heterocycles. The van der Waals surface area contributed by atoms with E-state index >= 15 is 0 Å². The minimum atomic E-state index is -1.22. The van der Waals surface area contributed by atoms with Gasteiger partial charge in [0.2, 0.25) is 0 Å². The molecule has 0 amide bonds. The van der Waals surface area contributed by atoms with Crippen LogP contribution in [0, 0.1) is 0 Å². The molecule has 22 heavy (non-hydrogen) atoms. The fourth-order valence-electron chi connectivity index (χ4n) is 1.86. The van der Waals surface area contributed by atoms with Crippen LogP contribution >= 0.6 is 0 Å². The maximum atomic E-state index is 12.1. The first-order valence-electron chi connectivity index (χ1n) is 7.83. The van der Waals surface area contributed by atoms with Crippen LogP contribution in [0.15, 0.2) is 22.6 Å². The fourth-order valence-corrected chi connectivity index (χ4v) is 2.39. The molecule has 1 rings (SSSR count). The lowest BCUT2D eigenvalue weighted by molar-refractivity contribution is 0.562. The van der Waals surface area contributed by atoms with Crippen LogP contribution in [0.3, 0.4) is 0 Å². The molecule has 2 nitrogen and oxygen atoms in total. The van der Waals surface area contributed by atoms with E-state index in [1.165, 1.54) is 11.1 Å². The lowest BCUT2D eigenvalue weighted by atomic mass is 9.80. The van der Waals surface area contributed by atoms with Crippen molar-refractivity contribution in [2.24, 2.45) is 4.40 Å². The molecule has 124 valence electrons. The van der Waals surface area contributed by atoms with Crippen molar-refractivity contribution in [3.05, 3.63) is 34.9 Å². The normalized spacial score (nSPS) is 15.4. The largest absolute Gasteiger partial charge is 0.591 e. The number of hydrogen-bond acceptors (Lipinski definition) is 2. The Balaban J connectivity index is 3.28. The van der Waals surface area contributed by atoms with E-state index in [0.29, 0.717) is 0 Å². The molecule has 0 bridgehead atoms. The first-order chi connectivity index (χ1) is 9.71. The highest BCUT2D eigenvalue weighted by Gasteiger charge is 2.26. The lowest BCUT2D eigenvalue weighted by Crippen LogP contribution is -2.25. The molecule has 0 N–H and O–H groups in total. The van der Waals surface area contributed by atoms with Crippen LogP contribution < -0.4 is 0 Å². The quantitative estimate of drug-likeness (QED) is 0.547. The Labute approximate surface area is 139 Å². The molecule has 1 atom stereocenters. The topological polar surface area (TPSA) is 35.4 Å². The highest BCUT2D eigenvalue weighted by molar-refractivity contribution is 7.91. The summed E-state index contributed by atoms with van der Waals surface area (Å²) < 4.78 is 16.0. The molecule has 0 aliphatic heterocycles. The van der Waals surface area contributed by atoms with Crippen molar-refractivity contribution in [3.63, 3.8) is 0 Å². The molecule has 0 saturated carbocycles. The van der Waals surface area contributed by atoms with Gasteiger partial charge in [-0.2, -0.15) is 0 Å². The van der Waals surface area contributed by atoms with Gasteiger partial charge in [-0.15, -0.1) is 0 Å². The second-order valence-electron chi connectivity index (χ2n) is 8.94. The number of rotatable bonds is 2. The van der Waals surface area contributed by atoms with Crippen molar-refractivity contribution in [2.45, 2.75) is 77.9 Å². The van der Waals surface area contributed by atoms with E-state index < -0.39 is 11.4 Å². The molecule has 0 saturated heterocycles. The van der Waals surface area contributed by atoms with Gasteiger partial charge < -0.3 is 4.55 Å². The van der Waals surface area contributed by atoms with Crippen LogP contribution in [-0.4, -0.2) is 15.5 Å². The molecule has 0 radical (unpaired) electrons. The summed E-state index contributed by atoms with van der Waals surface area (Å²) in [6.07, 6.45) is 1.76. The van der Waals surface area contributed by atoms with Crippen molar-refractivity contribution >= 4 is 17.6 Å². The van der Waals surface area contributed by atoms with Gasteiger partial charge in [0.25, 0.3) is 0 Å². The van der Waals surface area contributed by atoms with Gasteiger partial charge in [0.1, 0.15) is 16.1 Å². The zero-order valence-electron chi connectivity index (χ0n) is 15.6. The van der Waals surface area contributed by atoms with Crippen molar-refractivity contribution in [3.8, 4) is 0 Å². The van der Waals surface area contributed by atoms with E-state index in [1.807, 2.05) is 20.8 Å². The Kier molecular flexibility index (Phi) is 5.57. The summed E-state index contributed by atoms with van der Waals surface area (Å²) in [4.78, 5) is 0. The van der Waals surface area contributed by atoms with Crippen molar-refractivity contribution in [1.82, 2.24) is 0 Å². The summed E-state index contributed by atoms with van der Waals surface area (Å²) in [5.41, 5.74) is 3.74. The number of benzene rings is 1. The smallest absolute Gasteiger partial charge is 0.144 e. The first-order valence-corrected chi connectivity index (χ1v) is 8.94. The molecule has 0 unspecified atom stereocenters. The lowest BCUT2D eigenvalue weighted by Gasteiger charge is -2.25. The first kappa shape index (κ1) is 19.2. The second-order valence-corrected chi connectivity index (χ2v) is 10.9. The summed E-state index contributed by atoms with van der Waals surface area (Å²) in [5, 5.41) is 0. The summed E-state index contributed by atoms with van der Waals surface area (Å²) in [6.45, 7) is 19.1. The molecule has 1 aromatic rings. The molecule has 0 aliphatic rings. The predicted molar refractivity (Wildman–Crippen MR) is 99.3 cm³/mol. The average Bonchev–Trinajstić information content (AvgIpc) is 2.32. The molecule has 0 fully saturated rings. The van der Waals surface area contributed by atoms with Crippen LogP contribution in [0.2, 0.25) is 0 Å². The Bertz CT molecular complexity index is 510. The van der Waals surface area contributed by atoms with Gasteiger partial charge in [-0.3, -0.25) is 0 Å². The van der Waals surface area contributed by atoms with Gasteiger partial charge in [-0.1, -0.05) is 52.0 Å². The minimum absolute atomic E-state index is 0.0764. The predicted octanol–water partition coefficient (Wildman–Crippen LogP) is 5.16. The van der Waals surface area contributed by atoms with E-state index in [1.54, 1.807) is 6.21 Å². The maximum absolute atomic E-state index is 12.1. The van der Waals surface area contributed by atoms with Crippen molar-refractivity contribution in [2.75, 3.05) is 0 Å². The molecule has 3 heteroatoms. The van der Waals surface area contributed by atoms with Crippen LogP contribution in [-0.2, 0) is 22.2 Å². The third-order valence-electron chi connectivity index (χ3n) is 3.51. The van der Waals surface area contributed by atoms with Crippen molar-refractivity contribution < 1.29 is 4.55 Å². The summed E-state index contributed by atoms with van der Waals surface area (Å²) >= 11 is -1.22. The summed E-state index contributed by atoms with van der Waals surface area (Å²) in [7, 11) is 0. The monoisotopic (exact) mass is 321 g/mol. The van der Waals surface area contributed by atoms with Crippen molar-refractivity contribution in [1.29, 1.82) is 0 Å². The van der Waals surface area contributed by atoms with E-state index in [9.17, 15) is 4.55 Å². The molecule has 1 aromatic carbocycles. The van der Waals surface area contributed by atoms with Gasteiger partial charge in [0, 0.05) is 0 Å². The Morgan fingerprint density at radius 2 is 1.23 bits per heavy atom. The number of nitrogens with zero attached hydrogens (tertiary/aromatic N) is 1. The molecule has 0 heterocycles. The highest BCUT2D eigenvalue weighted by atomic mass is 32.2. The molecule has 0 aliphatic carbocycles. The zero-order chi connectivity index (χ0) is 17.3. The fraction of sp³-hybridized carbons (Fsp3) is 0.632. The third-order valence-corrected chi connectivity index (χ3v) is 4.85. The Morgan fingerprint density at radius 3 is 1.55 bits per heavy atom. The van der Waals surface area contributed by atoms with Gasteiger partial charge >= 0.3 is 0 Å². The SMILES string of the molecule is CC(C)(C)c1cc(/C=N/[S@+]([O-])C(C)(C)C)cc(C(C)(C)C)c1. The van der Waals surface area contributed by atoms with Crippen LogP contribution in [0.25, 0.3) is 0 Å². The summed E-state index contributed by atoms with van der Waals surface area (Å²) in [5.74, 6) is 0. The average molecular weight is 322 g/mol. The van der Waals surface area contributed by atoms with E-state index in [2.05, 4.69) is 64.1 Å². The van der Waals surface area contributed by atoms with Gasteiger partial charge in [-0.25, -0.2) is 0 Å². The zero-order valence-corrected chi connectivity index (χ0v) is 16.4. The second kappa shape index (κ2) is 6.37. The van der Waals surface area contributed by atoms with Crippen LogP contribution in [0.4, 0.5) is 0 Å². The highest BCUT2D eigenvalue weighted by Crippen LogP contribution is 2.30. The third kappa shape index (κ3) is 5.44. The van der Waals surface area contributed by atoms with E-state index in [0.717, 1.165) is 5.56 Å². The van der Waals surface area contributed by atoms with Crippen LogP contribution in [0.1, 0.15) is 79.0 Å².